The molecule has 0 spiro atoms. The molecular formula is C19H29N3O6. The number of likely N-dealkylation sites (N-methyl/N-ethyl adjacent to an activating group) is 2. The van der Waals surface area contributed by atoms with E-state index in [-0.39, 0.29) is 25.3 Å². The van der Waals surface area contributed by atoms with Gasteiger partial charge in [-0.3, -0.25) is 14.5 Å². The molecule has 156 valence electrons. The first-order valence-electron chi connectivity index (χ1n) is 8.95. The van der Waals surface area contributed by atoms with Crippen LogP contribution in [0.1, 0.15) is 13.8 Å². The van der Waals surface area contributed by atoms with Gasteiger partial charge in [-0.15, -0.1) is 0 Å². The van der Waals surface area contributed by atoms with Crippen LogP contribution in [0, 0.1) is 0 Å². The minimum atomic E-state index is -0.661. The SMILES string of the molecule is C=C(C)C(=O)OCCN(C)CC(CN1CCN(C)C(=O)C1=O)OC(=O)C(=C)C. The van der Waals surface area contributed by atoms with E-state index in [0.717, 1.165) is 0 Å². The van der Waals surface area contributed by atoms with E-state index in [1.54, 1.807) is 21.0 Å². The predicted molar refractivity (Wildman–Crippen MR) is 102 cm³/mol. The van der Waals surface area contributed by atoms with Gasteiger partial charge in [-0.25, -0.2) is 9.59 Å². The maximum absolute atomic E-state index is 12.2. The van der Waals surface area contributed by atoms with Crippen LogP contribution >= 0.6 is 0 Å². The highest BCUT2D eigenvalue weighted by atomic mass is 16.5. The summed E-state index contributed by atoms with van der Waals surface area (Å²) in [6, 6.07) is 0. The summed E-state index contributed by atoms with van der Waals surface area (Å²) < 4.78 is 10.5. The minimum Gasteiger partial charge on any atom is -0.461 e. The molecule has 1 unspecified atom stereocenters. The molecule has 0 aromatic rings. The Labute approximate surface area is 165 Å². The number of hydrogen-bond acceptors (Lipinski definition) is 7. The Kier molecular flexibility index (Phi) is 8.84. The average molecular weight is 395 g/mol. The largest absolute Gasteiger partial charge is 0.461 e. The van der Waals surface area contributed by atoms with Gasteiger partial charge in [0.05, 0.1) is 6.54 Å². The fourth-order valence-corrected chi connectivity index (χ4v) is 2.43. The predicted octanol–water partition coefficient (Wildman–Crippen LogP) is -0.174. The molecule has 1 heterocycles. The summed E-state index contributed by atoms with van der Waals surface area (Å²) in [6.07, 6.45) is -0.661. The molecule has 1 rings (SSSR count). The van der Waals surface area contributed by atoms with E-state index >= 15 is 0 Å². The fourth-order valence-electron chi connectivity index (χ4n) is 2.43. The molecule has 2 amide bonds. The lowest BCUT2D eigenvalue weighted by molar-refractivity contribution is -0.158. The van der Waals surface area contributed by atoms with Crippen molar-refractivity contribution in [2.45, 2.75) is 20.0 Å². The number of hydrogen-bond donors (Lipinski definition) is 0. The van der Waals surface area contributed by atoms with Gasteiger partial charge in [0.25, 0.3) is 0 Å². The third kappa shape index (κ3) is 7.15. The van der Waals surface area contributed by atoms with E-state index < -0.39 is 29.9 Å². The second-order valence-corrected chi connectivity index (χ2v) is 6.96. The molecule has 0 aromatic heterocycles. The average Bonchev–Trinajstić information content (AvgIpc) is 2.61. The number of amides is 2. The first-order chi connectivity index (χ1) is 13.0. The summed E-state index contributed by atoms with van der Waals surface area (Å²) in [5, 5.41) is 0. The van der Waals surface area contributed by atoms with Gasteiger partial charge in [-0.1, -0.05) is 13.2 Å². The molecule has 1 fully saturated rings. The smallest absolute Gasteiger partial charge is 0.333 e. The first-order valence-corrected chi connectivity index (χ1v) is 8.95. The standard InChI is InChI=1S/C19H29N3O6/c1-13(2)18(25)27-10-9-20(5)11-15(28-19(26)14(3)4)12-22-8-7-21(6)16(23)17(22)24/h15H,1,3,7-12H2,2,4-6H3. The van der Waals surface area contributed by atoms with E-state index in [1.165, 1.54) is 16.7 Å². The van der Waals surface area contributed by atoms with E-state index in [9.17, 15) is 19.2 Å². The van der Waals surface area contributed by atoms with Crippen LogP contribution in [0.3, 0.4) is 0 Å². The minimum absolute atomic E-state index is 0.0906. The van der Waals surface area contributed by atoms with Crippen molar-refractivity contribution < 1.29 is 28.7 Å². The summed E-state index contributed by atoms with van der Waals surface area (Å²) in [6.45, 7) is 11.9. The summed E-state index contributed by atoms with van der Waals surface area (Å²) in [7, 11) is 3.34. The van der Waals surface area contributed by atoms with Crippen molar-refractivity contribution in [3.8, 4) is 0 Å². The summed E-state index contributed by atoms with van der Waals surface area (Å²) >= 11 is 0. The van der Waals surface area contributed by atoms with Crippen LogP contribution in [0.25, 0.3) is 0 Å². The summed E-state index contributed by atoms with van der Waals surface area (Å²) in [5.41, 5.74) is 0.554. The number of piperazine rings is 1. The van der Waals surface area contributed by atoms with E-state index in [1.807, 2.05) is 4.90 Å². The highest BCUT2D eigenvalue weighted by Gasteiger charge is 2.32. The van der Waals surface area contributed by atoms with E-state index in [2.05, 4.69) is 13.2 Å². The Bertz CT molecular complexity index is 660. The molecule has 0 aliphatic carbocycles. The Morgan fingerprint density at radius 2 is 1.71 bits per heavy atom. The number of esters is 2. The van der Waals surface area contributed by atoms with E-state index in [4.69, 9.17) is 9.47 Å². The van der Waals surface area contributed by atoms with Gasteiger partial charge in [-0.05, 0) is 20.9 Å². The summed E-state index contributed by atoms with van der Waals surface area (Å²) in [5.74, 6) is -2.25. The number of nitrogens with zero attached hydrogens (tertiary/aromatic N) is 3. The van der Waals surface area contributed by atoms with Gasteiger partial charge in [-0.2, -0.15) is 0 Å². The molecule has 1 atom stereocenters. The highest BCUT2D eigenvalue weighted by molar-refractivity contribution is 6.35. The Morgan fingerprint density at radius 3 is 2.29 bits per heavy atom. The van der Waals surface area contributed by atoms with Crippen molar-refractivity contribution in [2.75, 3.05) is 53.4 Å². The molecular weight excluding hydrogens is 366 g/mol. The second-order valence-electron chi connectivity index (χ2n) is 6.96. The molecule has 1 saturated heterocycles. The second kappa shape index (κ2) is 10.6. The molecule has 28 heavy (non-hydrogen) atoms. The Hall–Kier alpha value is -2.68. The lowest BCUT2D eigenvalue weighted by Gasteiger charge is -2.34. The van der Waals surface area contributed by atoms with Crippen molar-refractivity contribution in [2.24, 2.45) is 0 Å². The van der Waals surface area contributed by atoms with Gasteiger partial charge in [0.2, 0.25) is 0 Å². The van der Waals surface area contributed by atoms with Crippen LogP contribution < -0.4 is 0 Å². The third-order valence-corrected chi connectivity index (χ3v) is 4.14. The fraction of sp³-hybridized carbons (Fsp3) is 0.579. The number of carbonyl (C=O) groups is 4. The zero-order chi connectivity index (χ0) is 21.4. The Balaban J connectivity index is 2.68. The van der Waals surface area contributed by atoms with E-state index in [0.29, 0.717) is 25.2 Å². The molecule has 1 aliphatic rings. The lowest BCUT2D eigenvalue weighted by Crippen LogP contribution is -2.55. The zero-order valence-electron chi connectivity index (χ0n) is 17.0. The van der Waals surface area contributed by atoms with Gasteiger partial charge in [0.15, 0.2) is 0 Å². The van der Waals surface area contributed by atoms with Crippen LogP contribution in [0.4, 0.5) is 0 Å². The highest BCUT2D eigenvalue weighted by Crippen LogP contribution is 2.09. The van der Waals surface area contributed by atoms with Crippen LogP contribution in [-0.2, 0) is 28.7 Å². The molecule has 0 radical (unpaired) electrons. The zero-order valence-corrected chi connectivity index (χ0v) is 17.0. The monoisotopic (exact) mass is 395 g/mol. The third-order valence-electron chi connectivity index (χ3n) is 4.14. The lowest BCUT2D eigenvalue weighted by atomic mass is 10.2. The quantitative estimate of drug-likeness (QED) is 0.288. The van der Waals surface area contributed by atoms with Crippen LogP contribution in [0.15, 0.2) is 24.3 Å². The molecule has 0 N–H and O–H groups in total. The summed E-state index contributed by atoms with van der Waals surface area (Å²) in [4.78, 5) is 52.0. The molecule has 0 bridgehead atoms. The van der Waals surface area contributed by atoms with Crippen LogP contribution in [0.2, 0.25) is 0 Å². The molecule has 0 aromatic carbocycles. The maximum atomic E-state index is 12.2. The normalized spacial score (nSPS) is 15.5. The first kappa shape index (κ1) is 23.4. The molecule has 0 saturated carbocycles. The molecule has 9 nitrogen and oxygen atoms in total. The number of carbonyl (C=O) groups excluding carboxylic acids is 4. The van der Waals surface area contributed by atoms with Crippen molar-refractivity contribution >= 4 is 23.8 Å². The van der Waals surface area contributed by atoms with Crippen molar-refractivity contribution in [1.29, 1.82) is 0 Å². The van der Waals surface area contributed by atoms with Crippen molar-refractivity contribution in [1.82, 2.24) is 14.7 Å². The maximum Gasteiger partial charge on any atom is 0.333 e. The van der Waals surface area contributed by atoms with Gasteiger partial charge < -0.3 is 19.3 Å². The van der Waals surface area contributed by atoms with Crippen LogP contribution in [0.5, 0.6) is 0 Å². The molecule has 1 aliphatic heterocycles. The topological polar surface area (TPSA) is 96.5 Å². The van der Waals surface area contributed by atoms with Crippen molar-refractivity contribution in [3.05, 3.63) is 24.3 Å². The Morgan fingerprint density at radius 1 is 1.11 bits per heavy atom. The van der Waals surface area contributed by atoms with Crippen LogP contribution in [-0.4, -0.2) is 98.0 Å². The number of rotatable bonds is 10. The molecule has 9 heteroatoms. The van der Waals surface area contributed by atoms with Gasteiger partial charge in [0, 0.05) is 44.4 Å². The van der Waals surface area contributed by atoms with Crippen molar-refractivity contribution in [3.63, 3.8) is 0 Å². The number of ether oxygens (including phenoxy) is 2. The van der Waals surface area contributed by atoms with Gasteiger partial charge in [0.1, 0.15) is 12.7 Å². The van der Waals surface area contributed by atoms with Gasteiger partial charge >= 0.3 is 23.8 Å².